The van der Waals surface area contributed by atoms with Gasteiger partial charge >= 0.3 is 0 Å². The highest BCUT2D eigenvalue weighted by Gasteiger charge is 2.48. The minimum Gasteiger partial charge on any atom is -0.390 e. The molecule has 224 valence electrons. The molecule has 0 bridgehead atoms. The molecule has 14 nitrogen and oxygen atoms in total. The number of aliphatic hydroxyl groups excluding tert-OH is 3. The molecule has 2 aromatic heterocycles. The topological polar surface area (TPSA) is 253 Å². The summed E-state index contributed by atoms with van der Waals surface area (Å²) in [5.74, 6) is -0.338. The number of carbonyl (C=O) groups excluding carboxylic acids is 1. The average Bonchev–Trinajstić information content (AvgIpc) is 3.34. The van der Waals surface area contributed by atoms with E-state index in [1.54, 1.807) is 6.07 Å². The van der Waals surface area contributed by atoms with Crippen LogP contribution in [0.5, 0.6) is 0 Å². The van der Waals surface area contributed by atoms with Gasteiger partial charge in [0, 0.05) is 48.0 Å². The maximum Gasteiger partial charge on any atom is 0.269 e. The van der Waals surface area contributed by atoms with Crippen LogP contribution in [-0.2, 0) is 9.47 Å². The van der Waals surface area contributed by atoms with Crippen molar-refractivity contribution in [3.63, 3.8) is 0 Å². The Morgan fingerprint density at radius 1 is 1.10 bits per heavy atom. The SMILES string of the molecule is Cc1nc(C(=O)NCCN[C@H]2[C@@H](O)[C@H](N)C[C@H](N)[C@H]2O[C@H]2O[C@H](CN)[C@@H](O)[C@H](O)[C@H]2N)cc2c1[nH]c1ccccc12. The molecule has 1 aliphatic carbocycles. The Kier molecular flexibility index (Phi) is 8.87. The Hall–Kier alpha value is -2.76. The summed E-state index contributed by atoms with van der Waals surface area (Å²) in [6, 6.07) is 6.62. The first-order valence-electron chi connectivity index (χ1n) is 13.8. The number of para-hydroxylation sites is 1. The monoisotopic (exact) mass is 572 g/mol. The molecule has 1 aliphatic heterocycles. The molecule has 1 saturated heterocycles. The summed E-state index contributed by atoms with van der Waals surface area (Å²) in [6.07, 6.45) is -6.15. The lowest BCUT2D eigenvalue weighted by Gasteiger charge is -2.47. The van der Waals surface area contributed by atoms with Crippen LogP contribution in [0, 0.1) is 6.92 Å². The Morgan fingerprint density at radius 3 is 2.61 bits per heavy atom. The number of hydrogen-bond acceptors (Lipinski definition) is 12. The highest BCUT2D eigenvalue weighted by Crippen LogP contribution is 2.28. The summed E-state index contributed by atoms with van der Waals surface area (Å²) in [6.45, 7) is 2.26. The number of rotatable bonds is 8. The zero-order valence-corrected chi connectivity index (χ0v) is 22.8. The normalized spacial score (nSPS) is 34.2. The van der Waals surface area contributed by atoms with Crippen molar-refractivity contribution in [2.45, 2.75) is 74.3 Å². The third kappa shape index (κ3) is 5.81. The van der Waals surface area contributed by atoms with Crippen LogP contribution in [0.2, 0.25) is 0 Å². The molecular formula is C27H40N8O6. The van der Waals surface area contributed by atoms with Gasteiger partial charge in [0.05, 0.1) is 35.5 Å². The lowest BCUT2D eigenvalue weighted by atomic mass is 9.82. The van der Waals surface area contributed by atoms with E-state index in [9.17, 15) is 20.1 Å². The van der Waals surface area contributed by atoms with Crippen LogP contribution in [0.4, 0.5) is 0 Å². The fraction of sp³-hybridized carbons (Fsp3) is 0.556. The van der Waals surface area contributed by atoms with Gasteiger partial charge in [-0.25, -0.2) is 4.98 Å². The van der Waals surface area contributed by atoms with E-state index in [4.69, 9.17) is 32.4 Å². The molecule has 0 spiro atoms. The van der Waals surface area contributed by atoms with Gasteiger partial charge in [-0.1, -0.05) is 18.2 Å². The van der Waals surface area contributed by atoms with Gasteiger partial charge in [-0.2, -0.15) is 0 Å². The molecule has 1 saturated carbocycles. The molecular weight excluding hydrogens is 532 g/mol. The van der Waals surface area contributed by atoms with Crippen LogP contribution in [0.15, 0.2) is 30.3 Å². The van der Waals surface area contributed by atoms with Crippen molar-refractivity contribution in [1.29, 1.82) is 0 Å². The van der Waals surface area contributed by atoms with E-state index < -0.39 is 61.0 Å². The lowest BCUT2D eigenvalue weighted by Crippen LogP contribution is -2.70. The van der Waals surface area contributed by atoms with Gasteiger partial charge in [-0.15, -0.1) is 0 Å². The molecule has 14 N–H and O–H groups in total. The quantitative estimate of drug-likeness (QED) is 0.123. The number of fused-ring (bicyclic) bond motifs is 3. The van der Waals surface area contributed by atoms with Gasteiger partial charge in [0.1, 0.15) is 24.0 Å². The Labute approximate surface area is 236 Å². The van der Waals surface area contributed by atoms with Gasteiger partial charge in [-0.05, 0) is 25.5 Å². The molecule has 3 aromatic rings. The molecule has 1 aromatic carbocycles. The first-order valence-corrected chi connectivity index (χ1v) is 13.8. The van der Waals surface area contributed by atoms with Crippen LogP contribution >= 0.6 is 0 Å². The number of aryl methyl sites for hydroxylation is 1. The van der Waals surface area contributed by atoms with E-state index in [-0.39, 0.29) is 32.0 Å². The third-order valence-electron chi connectivity index (χ3n) is 8.10. The molecule has 1 amide bonds. The molecule has 41 heavy (non-hydrogen) atoms. The van der Waals surface area contributed by atoms with E-state index >= 15 is 0 Å². The predicted octanol–water partition coefficient (Wildman–Crippen LogP) is -2.75. The number of nitrogens with one attached hydrogen (secondary N) is 3. The van der Waals surface area contributed by atoms with E-state index in [1.165, 1.54) is 0 Å². The number of benzene rings is 1. The van der Waals surface area contributed by atoms with Crippen molar-refractivity contribution in [2.24, 2.45) is 22.9 Å². The van der Waals surface area contributed by atoms with Crippen molar-refractivity contribution >= 4 is 27.7 Å². The van der Waals surface area contributed by atoms with Gasteiger partial charge in [-0.3, -0.25) is 4.79 Å². The smallest absolute Gasteiger partial charge is 0.269 e. The van der Waals surface area contributed by atoms with Gasteiger partial charge < -0.3 is 63.3 Å². The number of nitrogens with two attached hydrogens (primary N) is 4. The summed E-state index contributed by atoms with van der Waals surface area (Å²) >= 11 is 0. The fourth-order valence-corrected chi connectivity index (χ4v) is 5.79. The van der Waals surface area contributed by atoms with Gasteiger partial charge in [0.2, 0.25) is 0 Å². The van der Waals surface area contributed by atoms with Crippen molar-refractivity contribution in [2.75, 3.05) is 19.6 Å². The maximum atomic E-state index is 13.0. The second-order valence-electron chi connectivity index (χ2n) is 10.9. The maximum absolute atomic E-state index is 13.0. The highest BCUT2D eigenvalue weighted by molar-refractivity contribution is 6.10. The van der Waals surface area contributed by atoms with Gasteiger partial charge in [0.25, 0.3) is 5.91 Å². The standard InChI is InChI=1S/C27H40N8O6/c1-11-20-13(12-4-2-3-5-16(12)35-20)8-17(34-11)26(39)33-7-6-32-21-22(36)14(29)9-15(30)25(21)41-27-19(31)24(38)23(37)18(10-28)40-27/h2-5,8,14-15,18-19,21-25,27,32,35-38H,6-7,9-10,28-31H2,1H3,(H,33,39)/t14-,15+,18-,19-,21+,22+,23-,24-,25-,27-/m1/s1. The molecule has 0 radical (unpaired) electrons. The van der Waals surface area contributed by atoms with Crippen molar-refractivity contribution in [1.82, 2.24) is 20.6 Å². The van der Waals surface area contributed by atoms with E-state index in [0.29, 0.717) is 11.4 Å². The number of pyridine rings is 1. The summed E-state index contributed by atoms with van der Waals surface area (Å²) in [5.41, 5.74) is 27.1. The number of amides is 1. The second kappa shape index (κ2) is 12.2. The number of ether oxygens (including phenoxy) is 2. The molecule has 2 aliphatic rings. The molecule has 5 rings (SSSR count). The number of aromatic amines is 1. The molecule has 0 unspecified atom stereocenters. The molecule has 14 heteroatoms. The highest BCUT2D eigenvalue weighted by atomic mass is 16.7. The Balaban J connectivity index is 1.23. The minimum atomic E-state index is -1.32. The minimum absolute atomic E-state index is 0.0575. The summed E-state index contributed by atoms with van der Waals surface area (Å²) in [5, 5.41) is 39.4. The van der Waals surface area contributed by atoms with Crippen molar-refractivity contribution in [3.8, 4) is 0 Å². The van der Waals surface area contributed by atoms with E-state index in [1.807, 2.05) is 31.2 Å². The van der Waals surface area contributed by atoms with Crippen LogP contribution in [0.25, 0.3) is 21.8 Å². The van der Waals surface area contributed by atoms with Gasteiger partial charge in [0.15, 0.2) is 6.29 Å². The average molecular weight is 573 g/mol. The molecule has 10 atom stereocenters. The summed E-state index contributed by atoms with van der Waals surface area (Å²) in [7, 11) is 0. The molecule has 2 fully saturated rings. The number of H-pyrrole nitrogens is 1. The zero-order chi connectivity index (χ0) is 29.4. The van der Waals surface area contributed by atoms with Crippen LogP contribution < -0.4 is 33.6 Å². The summed E-state index contributed by atoms with van der Waals surface area (Å²) in [4.78, 5) is 20.8. The Bertz CT molecular complexity index is 1370. The predicted molar refractivity (Wildman–Crippen MR) is 152 cm³/mol. The first kappa shape index (κ1) is 29.7. The Morgan fingerprint density at radius 2 is 1.85 bits per heavy atom. The number of aliphatic hydroxyl groups is 3. The summed E-state index contributed by atoms with van der Waals surface area (Å²) < 4.78 is 11.8. The zero-order valence-electron chi connectivity index (χ0n) is 22.8. The first-order chi connectivity index (χ1) is 19.6. The van der Waals surface area contributed by atoms with E-state index in [2.05, 4.69) is 20.6 Å². The van der Waals surface area contributed by atoms with Crippen LogP contribution in [0.3, 0.4) is 0 Å². The van der Waals surface area contributed by atoms with Crippen LogP contribution in [0.1, 0.15) is 22.6 Å². The number of aromatic nitrogens is 2. The third-order valence-corrected chi connectivity index (χ3v) is 8.10. The van der Waals surface area contributed by atoms with Crippen molar-refractivity contribution in [3.05, 3.63) is 41.7 Å². The van der Waals surface area contributed by atoms with Crippen molar-refractivity contribution < 1.29 is 29.6 Å². The molecule has 3 heterocycles. The van der Waals surface area contributed by atoms with E-state index in [0.717, 1.165) is 21.8 Å². The number of nitrogens with zero attached hydrogens (tertiary/aromatic N) is 1. The lowest BCUT2D eigenvalue weighted by molar-refractivity contribution is -0.279. The number of hydrogen-bond donors (Lipinski definition) is 10. The number of carbonyl (C=O) groups is 1. The van der Waals surface area contributed by atoms with Crippen LogP contribution in [-0.4, -0.2) is 112 Å². The fourth-order valence-electron chi connectivity index (χ4n) is 5.79. The second-order valence-corrected chi connectivity index (χ2v) is 10.9. The largest absolute Gasteiger partial charge is 0.390 e.